The summed E-state index contributed by atoms with van der Waals surface area (Å²) in [6.45, 7) is 3.69. The van der Waals surface area contributed by atoms with Crippen LogP contribution >= 0.6 is 24.0 Å². The van der Waals surface area contributed by atoms with Gasteiger partial charge in [-0.1, -0.05) is 54.6 Å². The lowest BCUT2D eigenvalue weighted by atomic mass is 9.95. The number of guanidine groups is 1. The topological polar surface area (TPSA) is 80.0 Å². The second kappa shape index (κ2) is 13.3. The highest BCUT2D eigenvalue weighted by molar-refractivity contribution is 14.0. The largest absolute Gasteiger partial charge is 0.372 e. The van der Waals surface area contributed by atoms with Crippen LogP contribution in [0.4, 0.5) is 0 Å². The van der Waals surface area contributed by atoms with Gasteiger partial charge in [0.1, 0.15) is 0 Å². The number of nitrogens with two attached hydrogens (primary N) is 1. The lowest BCUT2D eigenvalue weighted by Crippen LogP contribution is -2.46. The summed E-state index contributed by atoms with van der Waals surface area (Å²) in [7, 11) is 1.80. The van der Waals surface area contributed by atoms with E-state index in [9.17, 15) is 4.79 Å². The predicted molar refractivity (Wildman–Crippen MR) is 135 cm³/mol. The Balaban J connectivity index is 0.00000341. The summed E-state index contributed by atoms with van der Waals surface area (Å²) >= 11 is 0. The highest BCUT2D eigenvalue weighted by Gasteiger charge is 2.23. The maximum Gasteiger partial charge on any atom is 0.217 e. The van der Waals surface area contributed by atoms with Crippen LogP contribution in [0.15, 0.2) is 59.6 Å². The predicted octanol–water partition coefficient (Wildman–Crippen LogP) is 3.68. The minimum absolute atomic E-state index is 0. The van der Waals surface area contributed by atoms with Gasteiger partial charge in [-0.2, -0.15) is 0 Å². The Morgan fingerprint density at radius 1 is 1.10 bits per heavy atom. The van der Waals surface area contributed by atoms with Crippen LogP contribution in [0, 0.1) is 5.92 Å². The molecule has 0 saturated carbocycles. The van der Waals surface area contributed by atoms with Crippen molar-refractivity contribution in [2.45, 2.75) is 39.0 Å². The van der Waals surface area contributed by atoms with E-state index < -0.39 is 0 Å². The van der Waals surface area contributed by atoms with Crippen molar-refractivity contribution in [3.8, 4) is 0 Å². The van der Waals surface area contributed by atoms with E-state index in [1.165, 1.54) is 11.1 Å². The summed E-state index contributed by atoms with van der Waals surface area (Å²) in [6.07, 6.45) is 2.54. The summed E-state index contributed by atoms with van der Waals surface area (Å²) in [4.78, 5) is 17.9. The molecule has 1 heterocycles. The van der Waals surface area contributed by atoms with Gasteiger partial charge in [0.05, 0.1) is 13.2 Å². The Morgan fingerprint density at radius 2 is 1.74 bits per heavy atom. The van der Waals surface area contributed by atoms with Gasteiger partial charge in [-0.05, 0) is 35.4 Å². The first-order valence-electron chi connectivity index (χ1n) is 10.6. The van der Waals surface area contributed by atoms with E-state index in [1.54, 1.807) is 7.05 Å². The molecule has 31 heavy (non-hydrogen) atoms. The van der Waals surface area contributed by atoms with Gasteiger partial charge >= 0.3 is 0 Å². The molecular weight excluding hydrogens is 503 g/mol. The molecule has 1 fully saturated rings. The fourth-order valence-electron chi connectivity index (χ4n) is 3.84. The number of nitrogens with one attached hydrogen (secondary N) is 1. The van der Waals surface area contributed by atoms with Crippen LogP contribution < -0.4 is 11.1 Å². The highest BCUT2D eigenvalue weighted by atomic mass is 127. The number of aliphatic imine (C=N–C) groups is 1. The smallest absolute Gasteiger partial charge is 0.217 e. The molecule has 1 unspecified atom stereocenters. The van der Waals surface area contributed by atoms with Gasteiger partial charge in [-0.25, -0.2) is 0 Å². The zero-order valence-electron chi connectivity index (χ0n) is 18.1. The zero-order valence-corrected chi connectivity index (χ0v) is 20.5. The molecule has 0 aliphatic carbocycles. The van der Waals surface area contributed by atoms with Gasteiger partial charge in [0.25, 0.3) is 0 Å². The number of primary amides is 1. The molecule has 6 nitrogen and oxygen atoms in total. The number of amides is 1. The fraction of sp³-hybridized carbons (Fsp3) is 0.417. The SMILES string of the molecule is CN=C(NCc1ccc(COCc2ccccc2)cc1)N1CCCC(CC(N)=O)C1.I. The Bertz CT molecular complexity index is 827. The van der Waals surface area contributed by atoms with Crippen LogP contribution in [-0.2, 0) is 29.3 Å². The average Bonchev–Trinajstić information content (AvgIpc) is 2.76. The second-order valence-electron chi connectivity index (χ2n) is 7.82. The molecule has 168 valence electrons. The number of halogens is 1. The first-order chi connectivity index (χ1) is 14.6. The molecule has 7 heteroatoms. The van der Waals surface area contributed by atoms with Crippen LogP contribution in [0.5, 0.6) is 0 Å². The van der Waals surface area contributed by atoms with Gasteiger partial charge in [-0.3, -0.25) is 9.79 Å². The minimum Gasteiger partial charge on any atom is -0.372 e. The van der Waals surface area contributed by atoms with E-state index >= 15 is 0 Å². The van der Waals surface area contributed by atoms with Crippen molar-refractivity contribution in [2.75, 3.05) is 20.1 Å². The molecule has 3 N–H and O–H groups in total. The minimum atomic E-state index is -0.224. The molecule has 0 aromatic heterocycles. The van der Waals surface area contributed by atoms with Crippen LogP contribution in [0.25, 0.3) is 0 Å². The van der Waals surface area contributed by atoms with E-state index in [1.807, 2.05) is 18.2 Å². The number of hydrogen-bond donors (Lipinski definition) is 2. The third-order valence-corrected chi connectivity index (χ3v) is 5.37. The number of carbonyl (C=O) groups is 1. The maximum atomic E-state index is 11.2. The second-order valence-corrected chi connectivity index (χ2v) is 7.82. The van der Waals surface area contributed by atoms with Crippen molar-refractivity contribution < 1.29 is 9.53 Å². The third kappa shape index (κ3) is 8.49. The lowest BCUT2D eigenvalue weighted by molar-refractivity contribution is -0.119. The van der Waals surface area contributed by atoms with Crippen molar-refractivity contribution in [1.29, 1.82) is 0 Å². The van der Waals surface area contributed by atoms with Crippen LogP contribution in [0.2, 0.25) is 0 Å². The first kappa shape index (κ1) is 25.1. The Morgan fingerprint density at radius 3 is 2.39 bits per heavy atom. The highest BCUT2D eigenvalue weighted by Crippen LogP contribution is 2.19. The quantitative estimate of drug-likeness (QED) is 0.307. The van der Waals surface area contributed by atoms with E-state index in [4.69, 9.17) is 10.5 Å². The van der Waals surface area contributed by atoms with E-state index in [2.05, 4.69) is 51.6 Å². The maximum absolute atomic E-state index is 11.2. The Hall–Kier alpha value is -2.13. The number of likely N-dealkylation sites (tertiary alicyclic amines) is 1. The van der Waals surface area contributed by atoms with Gasteiger partial charge in [0.2, 0.25) is 5.91 Å². The van der Waals surface area contributed by atoms with Crippen LogP contribution in [0.1, 0.15) is 36.0 Å². The molecule has 1 aliphatic heterocycles. The molecule has 2 aromatic rings. The first-order valence-corrected chi connectivity index (χ1v) is 10.6. The monoisotopic (exact) mass is 536 g/mol. The fourth-order valence-corrected chi connectivity index (χ4v) is 3.84. The average molecular weight is 536 g/mol. The summed E-state index contributed by atoms with van der Waals surface area (Å²) in [5.74, 6) is 0.960. The molecule has 0 bridgehead atoms. The third-order valence-electron chi connectivity index (χ3n) is 5.37. The number of benzene rings is 2. The molecule has 1 atom stereocenters. The van der Waals surface area contributed by atoms with Gasteiger partial charge in [0.15, 0.2) is 5.96 Å². The lowest BCUT2D eigenvalue weighted by Gasteiger charge is -2.34. The number of piperidine rings is 1. The standard InChI is InChI=1S/C24H32N4O2.HI/c1-26-24(28-13-5-8-22(16-28)14-23(25)29)27-15-19-9-11-21(12-10-19)18-30-17-20-6-3-2-4-7-20;/h2-4,6-7,9-12,22H,5,8,13-18H2,1H3,(H2,25,29)(H,26,27);1H. The number of rotatable bonds is 8. The van der Waals surface area contributed by atoms with Gasteiger partial charge in [0, 0.05) is 33.1 Å². The molecule has 1 saturated heterocycles. The molecule has 0 spiro atoms. The van der Waals surface area contributed by atoms with E-state index in [-0.39, 0.29) is 29.9 Å². The van der Waals surface area contributed by atoms with E-state index in [0.29, 0.717) is 32.1 Å². The summed E-state index contributed by atoms with van der Waals surface area (Å²) in [5.41, 5.74) is 8.90. The van der Waals surface area contributed by atoms with E-state index in [0.717, 1.165) is 37.5 Å². The van der Waals surface area contributed by atoms with Gasteiger partial charge < -0.3 is 20.7 Å². The van der Waals surface area contributed by atoms with Crippen molar-refractivity contribution >= 4 is 35.8 Å². The van der Waals surface area contributed by atoms with Crippen molar-refractivity contribution in [1.82, 2.24) is 10.2 Å². The number of nitrogens with zero attached hydrogens (tertiary/aromatic N) is 2. The normalized spacial score (nSPS) is 16.5. The molecule has 3 rings (SSSR count). The molecule has 1 amide bonds. The number of hydrogen-bond acceptors (Lipinski definition) is 3. The van der Waals surface area contributed by atoms with Crippen LogP contribution in [-0.4, -0.2) is 36.9 Å². The van der Waals surface area contributed by atoms with Crippen molar-refractivity contribution in [2.24, 2.45) is 16.6 Å². The molecule has 1 aliphatic rings. The van der Waals surface area contributed by atoms with Crippen molar-refractivity contribution in [3.05, 3.63) is 71.3 Å². The summed E-state index contributed by atoms with van der Waals surface area (Å²) in [6, 6.07) is 18.6. The summed E-state index contributed by atoms with van der Waals surface area (Å²) in [5, 5.41) is 3.44. The number of ether oxygens (including phenoxy) is 1. The molecular formula is C24H33IN4O2. The molecule has 0 radical (unpaired) electrons. The molecule has 2 aromatic carbocycles. The Labute approximate surface area is 202 Å². The number of carbonyl (C=O) groups excluding carboxylic acids is 1. The zero-order chi connectivity index (χ0) is 21.2. The van der Waals surface area contributed by atoms with Gasteiger partial charge in [-0.15, -0.1) is 24.0 Å². The Kier molecular flexibility index (Phi) is 10.8. The summed E-state index contributed by atoms with van der Waals surface area (Å²) < 4.78 is 5.80. The van der Waals surface area contributed by atoms with Crippen molar-refractivity contribution in [3.63, 3.8) is 0 Å². The van der Waals surface area contributed by atoms with Crippen LogP contribution in [0.3, 0.4) is 0 Å².